The van der Waals surface area contributed by atoms with Crippen molar-refractivity contribution in [2.24, 2.45) is 5.41 Å². The minimum absolute atomic E-state index is 0.0217. The smallest absolute Gasteiger partial charge is 0.339 e. The number of aromatic nitrogens is 1. The largest absolute Gasteiger partial charge is 0.478 e. The summed E-state index contributed by atoms with van der Waals surface area (Å²) in [5.41, 5.74) is 1.08. The molecule has 1 spiro atoms. The monoisotopic (exact) mass is 361 g/mol. The quantitative estimate of drug-likeness (QED) is 0.780. The second-order valence-corrected chi connectivity index (χ2v) is 7.45. The van der Waals surface area contributed by atoms with Crippen LogP contribution in [0.25, 0.3) is 0 Å². The lowest BCUT2D eigenvalue weighted by Crippen LogP contribution is -2.42. The Kier molecular flexibility index (Phi) is 5.46. The molecule has 2 aliphatic heterocycles. The van der Waals surface area contributed by atoms with Crippen LogP contribution in [0.15, 0.2) is 12.1 Å². The molecule has 3 heterocycles. The molecule has 0 atom stereocenters. The van der Waals surface area contributed by atoms with Crippen molar-refractivity contribution in [3.8, 4) is 0 Å². The predicted octanol–water partition coefficient (Wildman–Crippen LogP) is 1.94. The Morgan fingerprint density at radius 2 is 2.08 bits per heavy atom. The van der Waals surface area contributed by atoms with Gasteiger partial charge in [-0.3, -0.25) is 4.79 Å². The normalized spacial score (nSPS) is 19.4. The second-order valence-electron chi connectivity index (χ2n) is 7.45. The third-order valence-corrected chi connectivity index (χ3v) is 5.55. The van der Waals surface area contributed by atoms with E-state index in [4.69, 9.17) is 4.74 Å². The zero-order chi connectivity index (χ0) is 18.7. The molecule has 1 amide bonds. The van der Waals surface area contributed by atoms with Gasteiger partial charge in [-0.25, -0.2) is 9.78 Å². The van der Waals surface area contributed by atoms with Crippen LogP contribution in [0.2, 0.25) is 0 Å². The number of methoxy groups -OCH3 is 1. The standard InChI is InChI=1S/C19H27N3O4/c1-14-4-5-15(18(24)25)17(20-14)21-9-6-19(7-10-21)12-16(23)22(13-19)8-3-11-26-2/h4-5H,3,6-13H2,1-2H3,(H,24,25). The predicted molar refractivity (Wildman–Crippen MR) is 97.5 cm³/mol. The molecule has 0 aromatic carbocycles. The van der Waals surface area contributed by atoms with Gasteiger partial charge < -0.3 is 19.6 Å². The molecule has 2 saturated heterocycles. The van der Waals surface area contributed by atoms with Gasteiger partial charge in [0.1, 0.15) is 11.4 Å². The highest BCUT2D eigenvalue weighted by Gasteiger charge is 2.45. The summed E-state index contributed by atoms with van der Waals surface area (Å²) in [4.78, 5) is 32.4. The number of likely N-dealkylation sites (tertiary alicyclic amines) is 1. The van der Waals surface area contributed by atoms with Gasteiger partial charge in [0.15, 0.2) is 0 Å². The van der Waals surface area contributed by atoms with Crippen molar-refractivity contribution < 1.29 is 19.4 Å². The fraction of sp³-hybridized carbons (Fsp3) is 0.632. The lowest BCUT2D eigenvalue weighted by Gasteiger charge is -2.39. The molecule has 0 radical (unpaired) electrons. The van der Waals surface area contributed by atoms with E-state index in [9.17, 15) is 14.7 Å². The Balaban J connectivity index is 1.66. The van der Waals surface area contributed by atoms with Gasteiger partial charge in [-0.1, -0.05) is 0 Å². The number of carbonyl (C=O) groups is 2. The van der Waals surface area contributed by atoms with Gasteiger partial charge in [-0.05, 0) is 38.3 Å². The maximum Gasteiger partial charge on any atom is 0.339 e. The number of hydrogen-bond acceptors (Lipinski definition) is 5. The van der Waals surface area contributed by atoms with E-state index in [-0.39, 0.29) is 16.9 Å². The zero-order valence-electron chi connectivity index (χ0n) is 15.5. The van der Waals surface area contributed by atoms with Crippen LogP contribution in [0.3, 0.4) is 0 Å². The number of carbonyl (C=O) groups excluding carboxylic acids is 1. The van der Waals surface area contributed by atoms with Gasteiger partial charge in [0, 0.05) is 57.4 Å². The molecule has 0 aliphatic carbocycles. The number of piperidine rings is 1. The molecule has 1 aromatic heterocycles. The molecule has 7 nitrogen and oxygen atoms in total. The van der Waals surface area contributed by atoms with Crippen molar-refractivity contribution in [3.63, 3.8) is 0 Å². The molecule has 7 heteroatoms. The molecule has 142 valence electrons. The topological polar surface area (TPSA) is 83.0 Å². The summed E-state index contributed by atoms with van der Waals surface area (Å²) >= 11 is 0. The lowest BCUT2D eigenvalue weighted by molar-refractivity contribution is -0.128. The fourth-order valence-electron chi connectivity index (χ4n) is 4.06. The third kappa shape index (κ3) is 3.82. The third-order valence-electron chi connectivity index (χ3n) is 5.55. The van der Waals surface area contributed by atoms with Crippen LogP contribution in [0.4, 0.5) is 5.82 Å². The van der Waals surface area contributed by atoms with Crippen LogP contribution in [-0.2, 0) is 9.53 Å². The van der Waals surface area contributed by atoms with E-state index < -0.39 is 5.97 Å². The Bertz CT molecular complexity index is 683. The number of carboxylic acids is 1. The number of aromatic carboxylic acids is 1. The van der Waals surface area contributed by atoms with Gasteiger partial charge in [0.25, 0.3) is 0 Å². The zero-order valence-corrected chi connectivity index (χ0v) is 15.5. The molecule has 2 fully saturated rings. The number of nitrogens with zero attached hydrogens (tertiary/aromatic N) is 3. The Morgan fingerprint density at radius 1 is 1.35 bits per heavy atom. The summed E-state index contributed by atoms with van der Waals surface area (Å²) in [6.07, 6.45) is 3.23. The van der Waals surface area contributed by atoms with Crippen molar-refractivity contribution in [1.29, 1.82) is 0 Å². The van der Waals surface area contributed by atoms with Crippen LogP contribution in [0, 0.1) is 12.3 Å². The molecule has 0 saturated carbocycles. The number of pyridine rings is 1. The summed E-state index contributed by atoms with van der Waals surface area (Å²) in [6, 6.07) is 3.35. The second kappa shape index (κ2) is 7.61. The van der Waals surface area contributed by atoms with Gasteiger partial charge in [-0.15, -0.1) is 0 Å². The number of amides is 1. The van der Waals surface area contributed by atoms with E-state index in [0.717, 1.165) is 51.1 Å². The number of ether oxygens (including phenoxy) is 1. The highest BCUT2D eigenvalue weighted by molar-refractivity contribution is 5.93. The van der Waals surface area contributed by atoms with Crippen LogP contribution in [0.5, 0.6) is 0 Å². The lowest BCUT2D eigenvalue weighted by atomic mass is 9.77. The summed E-state index contributed by atoms with van der Waals surface area (Å²) in [5, 5.41) is 9.44. The molecule has 0 unspecified atom stereocenters. The fourth-order valence-corrected chi connectivity index (χ4v) is 4.06. The van der Waals surface area contributed by atoms with Crippen molar-refractivity contribution in [2.75, 3.05) is 44.8 Å². The number of rotatable bonds is 6. The highest BCUT2D eigenvalue weighted by atomic mass is 16.5. The number of carboxylic acid groups (broad SMARTS) is 1. The average Bonchev–Trinajstić information content (AvgIpc) is 2.91. The molecule has 1 aromatic rings. The molecular formula is C19H27N3O4. The molecule has 2 aliphatic rings. The van der Waals surface area contributed by atoms with Gasteiger partial charge in [0.2, 0.25) is 5.91 Å². The van der Waals surface area contributed by atoms with E-state index in [1.54, 1.807) is 19.2 Å². The minimum atomic E-state index is -0.951. The average molecular weight is 361 g/mol. The van der Waals surface area contributed by atoms with Crippen LogP contribution >= 0.6 is 0 Å². The van der Waals surface area contributed by atoms with E-state index in [0.29, 0.717) is 18.8 Å². The summed E-state index contributed by atoms with van der Waals surface area (Å²) < 4.78 is 5.08. The van der Waals surface area contributed by atoms with E-state index in [1.165, 1.54) is 0 Å². The van der Waals surface area contributed by atoms with Crippen molar-refractivity contribution in [3.05, 3.63) is 23.4 Å². The minimum Gasteiger partial charge on any atom is -0.478 e. The Morgan fingerprint density at radius 3 is 2.73 bits per heavy atom. The first-order valence-corrected chi connectivity index (χ1v) is 9.17. The number of anilines is 1. The Hall–Kier alpha value is -2.15. The van der Waals surface area contributed by atoms with Gasteiger partial charge in [-0.2, -0.15) is 0 Å². The summed E-state index contributed by atoms with van der Waals surface area (Å²) in [5.74, 6) is -0.170. The van der Waals surface area contributed by atoms with Gasteiger partial charge in [0.05, 0.1) is 0 Å². The first kappa shape index (κ1) is 18.6. The first-order chi connectivity index (χ1) is 12.4. The molecule has 3 rings (SSSR count). The van der Waals surface area contributed by atoms with Crippen molar-refractivity contribution in [2.45, 2.75) is 32.6 Å². The first-order valence-electron chi connectivity index (χ1n) is 9.17. The molecule has 0 bridgehead atoms. The molecular weight excluding hydrogens is 334 g/mol. The number of aryl methyl sites for hydroxylation is 1. The van der Waals surface area contributed by atoms with E-state index >= 15 is 0 Å². The van der Waals surface area contributed by atoms with Crippen molar-refractivity contribution in [1.82, 2.24) is 9.88 Å². The molecule has 1 N–H and O–H groups in total. The Labute approximate surface area is 153 Å². The van der Waals surface area contributed by atoms with E-state index in [2.05, 4.69) is 9.88 Å². The van der Waals surface area contributed by atoms with E-state index in [1.807, 2.05) is 11.8 Å². The summed E-state index contributed by atoms with van der Waals surface area (Å²) in [7, 11) is 1.67. The highest BCUT2D eigenvalue weighted by Crippen LogP contribution is 2.42. The maximum atomic E-state index is 12.4. The number of hydrogen-bond donors (Lipinski definition) is 1. The van der Waals surface area contributed by atoms with Gasteiger partial charge >= 0.3 is 5.97 Å². The SMILES string of the molecule is COCCCN1CC2(CCN(c3nc(C)ccc3C(=O)O)CC2)CC1=O. The molecule has 26 heavy (non-hydrogen) atoms. The van der Waals surface area contributed by atoms with Crippen LogP contribution in [-0.4, -0.2) is 66.8 Å². The van der Waals surface area contributed by atoms with Crippen molar-refractivity contribution >= 4 is 17.7 Å². The maximum absolute atomic E-state index is 12.4. The van der Waals surface area contributed by atoms with Crippen LogP contribution < -0.4 is 4.90 Å². The summed E-state index contributed by atoms with van der Waals surface area (Å²) in [6.45, 7) is 5.55. The van der Waals surface area contributed by atoms with Crippen LogP contribution in [0.1, 0.15) is 41.7 Å².